The Morgan fingerprint density at radius 3 is 2.04 bits per heavy atom. The number of aliphatic hydroxyl groups is 3. The van der Waals surface area contributed by atoms with Crippen LogP contribution >= 0.6 is 67.8 Å². The number of nitrogens with zero attached hydrogens (tertiary/aromatic N) is 1. The average molecular weight is 660 g/mol. The normalized spacial score (nSPS) is 10.9. The second-order valence-electron chi connectivity index (χ2n) is 4.51. The van der Waals surface area contributed by atoms with Crippen molar-refractivity contribution >= 4 is 79.6 Å². The Labute approximate surface area is 174 Å². The van der Waals surface area contributed by atoms with E-state index in [9.17, 15) is 19.8 Å². The number of carbonyl (C=O) groups is 2. The smallest absolute Gasteiger partial charge is 0.256 e. The molecule has 0 heterocycles. The molecule has 0 spiro atoms. The van der Waals surface area contributed by atoms with Gasteiger partial charge in [0.05, 0.1) is 37.0 Å². The fourth-order valence-corrected chi connectivity index (χ4v) is 6.33. The molecule has 128 valence electrons. The molecule has 1 aromatic rings. The Morgan fingerprint density at radius 2 is 1.61 bits per heavy atom. The Morgan fingerprint density at radius 1 is 1.09 bits per heavy atom. The molecule has 0 radical (unpaired) electrons. The second kappa shape index (κ2) is 9.65. The molecule has 0 aliphatic carbocycles. The van der Waals surface area contributed by atoms with Crippen molar-refractivity contribution in [2.24, 2.45) is 5.73 Å². The number of carbonyl (C=O) groups excluding carboxylic acids is 2. The van der Waals surface area contributed by atoms with E-state index < -0.39 is 31.1 Å². The molecule has 0 fully saturated rings. The van der Waals surface area contributed by atoms with E-state index in [0.717, 1.165) is 0 Å². The van der Waals surface area contributed by atoms with Crippen molar-refractivity contribution in [3.63, 3.8) is 0 Å². The first kappa shape index (κ1) is 21.3. The molecule has 1 rings (SSSR count). The summed E-state index contributed by atoms with van der Waals surface area (Å²) < 4.78 is 1.66. The third-order valence-corrected chi connectivity index (χ3v) is 5.87. The lowest BCUT2D eigenvalue weighted by atomic mass is 10.1. The summed E-state index contributed by atoms with van der Waals surface area (Å²) in [6, 6.07) is 0.832. The van der Waals surface area contributed by atoms with Gasteiger partial charge in [0.2, 0.25) is 0 Å². The summed E-state index contributed by atoms with van der Waals surface area (Å²) in [5, 5.41) is 27.8. The first-order valence-corrected chi connectivity index (χ1v) is 9.64. The maximum Gasteiger partial charge on any atom is 0.256 e. The molecule has 2 amide bonds. The predicted molar refractivity (Wildman–Crippen MR) is 109 cm³/mol. The monoisotopic (exact) mass is 660 g/mol. The number of nitrogens with two attached hydrogens (primary N) is 1. The van der Waals surface area contributed by atoms with Crippen LogP contribution in [0.5, 0.6) is 0 Å². The standard InChI is InChI=1S/C13H15I3N2O5/c14-7-3-8(15)10(11(16)9(7)12(17)22)13(23)18(1-2-19)6(4-20)5-21/h3,6,19-21H,1-2,4-5H2,(H2,17,22). The lowest BCUT2D eigenvalue weighted by Gasteiger charge is -2.29. The highest BCUT2D eigenvalue weighted by molar-refractivity contribution is 14.1. The lowest BCUT2D eigenvalue weighted by molar-refractivity contribution is 0.0404. The van der Waals surface area contributed by atoms with Gasteiger partial charge in [-0.2, -0.15) is 0 Å². The molecular formula is C13H15I3N2O5. The van der Waals surface area contributed by atoms with Crippen LogP contribution in [0.3, 0.4) is 0 Å². The van der Waals surface area contributed by atoms with Crippen molar-refractivity contribution in [3.05, 3.63) is 27.9 Å². The molecule has 0 unspecified atom stereocenters. The van der Waals surface area contributed by atoms with Gasteiger partial charge in [-0.25, -0.2) is 0 Å². The number of aliphatic hydroxyl groups excluding tert-OH is 3. The van der Waals surface area contributed by atoms with Crippen LogP contribution in [0, 0.1) is 10.7 Å². The summed E-state index contributed by atoms with van der Waals surface area (Å²) in [6.07, 6.45) is 0. The Kier molecular flexibility index (Phi) is 8.92. The van der Waals surface area contributed by atoms with Crippen molar-refractivity contribution in [2.75, 3.05) is 26.4 Å². The topological polar surface area (TPSA) is 124 Å². The van der Waals surface area contributed by atoms with E-state index in [1.165, 1.54) is 4.90 Å². The summed E-state index contributed by atoms with van der Waals surface area (Å²) in [7, 11) is 0. The molecule has 0 atom stereocenters. The van der Waals surface area contributed by atoms with Gasteiger partial charge < -0.3 is 26.0 Å². The third-order valence-electron chi connectivity index (χ3n) is 3.09. The molecule has 0 aromatic heterocycles. The number of hydrogen-bond acceptors (Lipinski definition) is 5. The van der Waals surface area contributed by atoms with E-state index in [1.54, 1.807) is 6.07 Å². The lowest BCUT2D eigenvalue weighted by Crippen LogP contribution is -2.46. The number of benzene rings is 1. The van der Waals surface area contributed by atoms with E-state index in [0.29, 0.717) is 10.7 Å². The molecule has 0 bridgehead atoms. The van der Waals surface area contributed by atoms with E-state index in [-0.39, 0.29) is 24.3 Å². The van der Waals surface area contributed by atoms with E-state index >= 15 is 0 Å². The first-order valence-electron chi connectivity index (χ1n) is 6.40. The largest absolute Gasteiger partial charge is 0.395 e. The quantitative estimate of drug-likeness (QED) is 0.316. The van der Waals surface area contributed by atoms with Crippen LogP contribution in [-0.4, -0.2) is 64.4 Å². The Bertz CT molecular complexity index is 608. The SMILES string of the molecule is NC(=O)c1c(I)cc(I)c(C(=O)N(CCO)C(CO)CO)c1I. The zero-order valence-electron chi connectivity index (χ0n) is 11.8. The molecule has 1 aromatic carbocycles. The van der Waals surface area contributed by atoms with Crippen LogP contribution in [0.4, 0.5) is 0 Å². The van der Waals surface area contributed by atoms with Crippen LogP contribution in [0.2, 0.25) is 0 Å². The molecule has 0 aliphatic rings. The van der Waals surface area contributed by atoms with Gasteiger partial charge in [0.15, 0.2) is 0 Å². The van der Waals surface area contributed by atoms with Crippen LogP contribution in [-0.2, 0) is 0 Å². The molecule has 10 heteroatoms. The van der Waals surface area contributed by atoms with Crippen molar-refractivity contribution < 1.29 is 24.9 Å². The van der Waals surface area contributed by atoms with Crippen LogP contribution < -0.4 is 5.73 Å². The zero-order chi connectivity index (χ0) is 17.7. The van der Waals surface area contributed by atoms with E-state index in [4.69, 9.17) is 10.8 Å². The van der Waals surface area contributed by atoms with Gasteiger partial charge in [0.1, 0.15) is 0 Å². The molecule has 7 nitrogen and oxygen atoms in total. The van der Waals surface area contributed by atoms with Crippen LogP contribution in [0.25, 0.3) is 0 Å². The van der Waals surface area contributed by atoms with Gasteiger partial charge in [-0.3, -0.25) is 9.59 Å². The number of primary amides is 1. The highest BCUT2D eigenvalue weighted by atomic mass is 127. The average Bonchev–Trinajstić information content (AvgIpc) is 2.46. The van der Waals surface area contributed by atoms with Crippen LogP contribution in [0.15, 0.2) is 6.07 Å². The van der Waals surface area contributed by atoms with Crippen molar-refractivity contribution in [1.82, 2.24) is 4.90 Å². The second-order valence-corrected chi connectivity index (χ2v) is 7.91. The van der Waals surface area contributed by atoms with Crippen molar-refractivity contribution in [1.29, 1.82) is 0 Å². The Hall–Kier alpha value is 0.230. The van der Waals surface area contributed by atoms with Gasteiger partial charge in [0, 0.05) is 17.3 Å². The van der Waals surface area contributed by atoms with Gasteiger partial charge in [0.25, 0.3) is 11.8 Å². The molecule has 0 aliphatic heterocycles. The summed E-state index contributed by atoms with van der Waals surface area (Å²) in [4.78, 5) is 25.7. The predicted octanol–water partition coefficient (Wildman–Crippen LogP) is 0.387. The molecule has 0 saturated carbocycles. The number of halogens is 3. The fraction of sp³-hybridized carbons (Fsp3) is 0.385. The summed E-state index contributed by atoms with van der Waals surface area (Å²) in [6.45, 7) is -1.25. The van der Waals surface area contributed by atoms with Crippen molar-refractivity contribution in [3.8, 4) is 0 Å². The highest BCUT2D eigenvalue weighted by Crippen LogP contribution is 2.29. The third kappa shape index (κ3) is 4.87. The van der Waals surface area contributed by atoms with E-state index in [2.05, 4.69) is 0 Å². The molecule has 5 N–H and O–H groups in total. The van der Waals surface area contributed by atoms with Gasteiger partial charge in [-0.05, 0) is 73.8 Å². The summed E-state index contributed by atoms with van der Waals surface area (Å²) in [5.41, 5.74) is 5.90. The zero-order valence-corrected chi connectivity index (χ0v) is 18.3. The van der Waals surface area contributed by atoms with Crippen LogP contribution in [0.1, 0.15) is 20.7 Å². The van der Waals surface area contributed by atoms with E-state index in [1.807, 2.05) is 67.8 Å². The van der Waals surface area contributed by atoms with Gasteiger partial charge >= 0.3 is 0 Å². The molecular weight excluding hydrogens is 645 g/mol. The minimum Gasteiger partial charge on any atom is -0.395 e. The highest BCUT2D eigenvalue weighted by Gasteiger charge is 2.29. The Balaban J connectivity index is 3.45. The number of amides is 2. The maximum absolute atomic E-state index is 12.9. The van der Waals surface area contributed by atoms with Gasteiger partial charge in [-0.15, -0.1) is 0 Å². The summed E-state index contributed by atoms with van der Waals surface area (Å²) in [5.74, 6) is -1.13. The van der Waals surface area contributed by atoms with Crippen molar-refractivity contribution in [2.45, 2.75) is 6.04 Å². The minimum absolute atomic E-state index is 0.0470. The number of hydrogen-bond donors (Lipinski definition) is 4. The molecule has 23 heavy (non-hydrogen) atoms. The fourth-order valence-electron chi connectivity index (χ4n) is 1.97. The maximum atomic E-state index is 12.9. The molecule has 0 saturated heterocycles. The first-order chi connectivity index (χ1) is 10.8. The summed E-state index contributed by atoms with van der Waals surface area (Å²) >= 11 is 5.84. The minimum atomic E-state index is -0.836. The number of rotatable bonds is 7. The van der Waals surface area contributed by atoms with Gasteiger partial charge in [-0.1, -0.05) is 0 Å².